The largest absolute Gasteiger partial charge is 0.469 e. The number of ether oxygens (including phenoxy) is 2. The maximum atomic E-state index is 11.8. The molecule has 1 aromatic heterocycles. The number of hydrogen-bond donors (Lipinski definition) is 0. The third-order valence-corrected chi connectivity index (χ3v) is 2.75. The lowest BCUT2D eigenvalue weighted by Gasteiger charge is -2.20. The Morgan fingerprint density at radius 1 is 1.40 bits per heavy atom. The average Bonchev–Trinajstić information content (AvgIpc) is 2.47. The maximum absolute atomic E-state index is 11.8. The standard InChI is InChI=1S/C14H20N2O4/c1-4-20-14(18)11-7-5-9-15-13(11)16(2)10-6-8-12(17)19-3/h5,7,9H,4,6,8,10H2,1-3H3. The third-order valence-electron chi connectivity index (χ3n) is 2.75. The monoisotopic (exact) mass is 280 g/mol. The van der Waals surface area contributed by atoms with Gasteiger partial charge in [-0.2, -0.15) is 0 Å². The van der Waals surface area contributed by atoms with Gasteiger partial charge in [-0.15, -0.1) is 0 Å². The highest BCUT2D eigenvalue weighted by atomic mass is 16.5. The Morgan fingerprint density at radius 3 is 2.80 bits per heavy atom. The lowest BCUT2D eigenvalue weighted by Crippen LogP contribution is -2.23. The number of pyridine rings is 1. The van der Waals surface area contributed by atoms with E-state index in [0.29, 0.717) is 37.4 Å². The van der Waals surface area contributed by atoms with Crippen LogP contribution in [0.15, 0.2) is 18.3 Å². The second kappa shape index (κ2) is 8.14. The summed E-state index contributed by atoms with van der Waals surface area (Å²) in [5.41, 5.74) is 0.426. The molecule has 0 aliphatic heterocycles. The molecule has 0 atom stereocenters. The number of methoxy groups -OCH3 is 1. The van der Waals surface area contributed by atoms with Gasteiger partial charge in [0.05, 0.1) is 13.7 Å². The number of carbonyl (C=O) groups is 2. The fourth-order valence-corrected chi connectivity index (χ4v) is 1.74. The van der Waals surface area contributed by atoms with Gasteiger partial charge in [-0.05, 0) is 25.5 Å². The molecule has 0 N–H and O–H groups in total. The van der Waals surface area contributed by atoms with Gasteiger partial charge in [0.15, 0.2) is 0 Å². The summed E-state index contributed by atoms with van der Waals surface area (Å²) in [6, 6.07) is 3.37. The SMILES string of the molecule is CCOC(=O)c1cccnc1N(C)CCCC(=O)OC. The molecule has 0 fully saturated rings. The highest BCUT2D eigenvalue weighted by Gasteiger charge is 2.16. The van der Waals surface area contributed by atoms with Crippen molar-refractivity contribution in [2.75, 3.05) is 32.2 Å². The summed E-state index contributed by atoms with van der Waals surface area (Å²) in [5, 5.41) is 0. The van der Waals surface area contributed by atoms with Gasteiger partial charge in [0.2, 0.25) is 0 Å². The first-order valence-electron chi connectivity index (χ1n) is 6.50. The summed E-state index contributed by atoms with van der Waals surface area (Å²) in [4.78, 5) is 28.9. The molecule has 0 amide bonds. The second-order valence-corrected chi connectivity index (χ2v) is 4.20. The molecule has 0 bridgehead atoms. The van der Waals surface area contributed by atoms with E-state index in [1.165, 1.54) is 7.11 Å². The third kappa shape index (κ3) is 4.53. The number of esters is 2. The summed E-state index contributed by atoms with van der Waals surface area (Å²) in [7, 11) is 3.19. The predicted molar refractivity (Wildman–Crippen MR) is 74.7 cm³/mol. The molecule has 0 aromatic carbocycles. The summed E-state index contributed by atoms with van der Waals surface area (Å²) in [5.74, 6) is -0.0868. The molecule has 1 rings (SSSR count). The number of carbonyl (C=O) groups excluding carboxylic acids is 2. The molecule has 0 aliphatic carbocycles. The van der Waals surface area contributed by atoms with Crippen LogP contribution in [0.4, 0.5) is 5.82 Å². The van der Waals surface area contributed by atoms with Gasteiger partial charge in [0.25, 0.3) is 0 Å². The Balaban J connectivity index is 2.70. The van der Waals surface area contributed by atoms with Gasteiger partial charge in [0.1, 0.15) is 11.4 Å². The van der Waals surface area contributed by atoms with E-state index < -0.39 is 5.97 Å². The van der Waals surface area contributed by atoms with Gasteiger partial charge < -0.3 is 14.4 Å². The van der Waals surface area contributed by atoms with Gasteiger partial charge in [0, 0.05) is 26.2 Å². The minimum absolute atomic E-state index is 0.245. The lowest BCUT2D eigenvalue weighted by molar-refractivity contribution is -0.140. The van der Waals surface area contributed by atoms with Gasteiger partial charge in [-0.25, -0.2) is 9.78 Å². The number of aromatic nitrogens is 1. The van der Waals surface area contributed by atoms with Crippen molar-refractivity contribution in [1.29, 1.82) is 0 Å². The van der Waals surface area contributed by atoms with Crippen molar-refractivity contribution in [3.63, 3.8) is 0 Å². The molecule has 0 aliphatic rings. The normalized spacial score (nSPS) is 9.95. The van der Waals surface area contributed by atoms with E-state index in [2.05, 4.69) is 9.72 Å². The van der Waals surface area contributed by atoms with E-state index in [1.54, 1.807) is 25.3 Å². The van der Waals surface area contributed by atoms with Crippen LogP contribution in [0.5, 0.6) is 0 Å². The minimum atomic E-state index is -0.393. The molecular formula is C14H20N2O4. The quantitative estimate of drug-likeness (QED) is 0.707. The van der Waals surface area contributed by atoms with Gasteiger partial charge >= 0.3 is 11.9 Å². The van der Waals surface area contributed by atoms with Crippen molar-refractivity contribution in [1.82, 2.24) is 4.98 Å². The highest BCUT2D eigenvalue weighted by molar-refractivity contribution is 5.94. The van der Waals surface area contributed by atoms with Crippen molar-refractivity contribution in [3.05, 3.63) is 23.9 Å². The Morgan fingerprint density at radius 2 is 2.15 bits per heavy atom. The summed E-state index contributed by atoms with van der Waals surface area (Å²) in [6.45, 7) is 2.67. The molecule has 6 nitrogen and oxygen atoms in total. The van der Waals surface area contributed by atoms with Crippen LogP contribution in [0, 0.1) is 0 Å². The van der Waals surface area contributed by atoms with E-state index in [-0.39, 0.29) is 5.97 Å². The first-order chi connectivity index (χ1) is 9.60. The number of rotatable bonds is 7. The summed E-state index contributed by atoms with van der Waals surface area (Å²) < 4.78 is 9.58. The fourth-order valence-electron chi connectivity index (χ4n) is 1.74. The van der Waals surface area contributed by atoms with Crippen molar-refractivity contribution in [3.8, 4) is 0 Å². The van der Waals surface area contributed by atoms with Crippen molar-refractivity contribution in [2.24, 2.45) is 0 Å². The van der Waals surface area contributed by atoms with Crippen molar-refractivity contribution in [2.45, 2.75) is 19.8 Å². The molecule has 0 radical (unpaired) electrons. The van der Waals surface area contributed by atoms with E-state index >= 15 is 0 Å². The van der Waals surface area contributed by atoms with Crippen LogP contribution < -0.4 is 4.90 Å². The molecule has 1 aromatic rings. The van der Waals surface area contributed by atoms with Gasteiger partial charge in [-0.1, -0.05) is 0 Å². The van der Waals surface area contributed by atoms with Crippen LogP contribution in [0.25, 0.3) is 0 Å². The molecule has 0 saturated carbocycles. The molecule has 0 spiro atoms. The highest BCUT2D eigenvalue weighted by Crippen LogP contribution is 2.17. The van der Waals surface area contributed by atoms with Crippen LogP contribution in [0.1, 0.15) is 30.1 Å². The second-order valence-electron chi connectivity index (χ2n) is 4.20. The first-order valence-corrected chi connectivity index (χ1v) is 6.50. The number of anilines is 1. The number of hydrogen-bond acceptors (Lipinski definition) is 6. The Bertz CT molecular complexity index is 462. The summed E-state index contributed by atoms with van der Waals surface area (Å²) >= 11 is 0. The number of nitrogens with zero attached hydrogens (tertiary/aromatic N) is 2. The Labute approximate surface area is 118 Å². The Hall–Kier alpha value is -2.11. The first kappa shape index (κ1) is 15.9. The van der Waals surface area contributed by atoms with E-state index in [4.69, 9.17) is 4.74 Å². The lowest BCUT2D eigenvalue weighted by atomic mass is 10.2. The van der Waals surface area contributed by atoms with Crippen LogP contribution >= 0.6 is 0 Å². The topological polar surface area (TPSA) is 68.7 Å². The molecule has 110 valence electrons. The molecule has 20 heavy (non-hydrogen) atoms. The Kier molecular flexibility index (Phi) is 6.49. The average molecular weight is 280 g/mol. The van der Waals surface area contributed by atoms with E-state index in [0.717, 1.165) is 0 Å². The van der Waals surface area contributed by atoms with Crippen LogP contribution in [0.2, 0.25) is 0 Å². The zero-order valence-corrected chi connectivity index (χ0v) is 12.1. The van der Waals surface area contributed by atoms with Gasteiger partial charge in [-0.3, -0.25) is 4.79 Å². The van der Waals surface area contributed by atoms with Crippen LogP contribution in [-0.4, -0.2) is 44.2 Å². The van der Waals surface area contributed by atoms with Crippen LogP contribution in [-0.2, 0) is 14.3 Å². The van der Waals surface area contributed by atoms with Crippen LogP contribution in [0.3, 0.4) is 0 Å². The molecule has 6 heteroatoms. The molecule has 0 saturated heterocycles. The van der Waals surface area contributed by atoms with Crippen molar-refractivity contribution < 1.29 is 19.1 Å². The maximum Gasteiger partial charge on any atom is 0.341 e. The minimum Gasteiger partial charge on any atom is -0.469 e. The van der Waals surface area contributed by atoms with E-state index in [9.17, 15) is 9.59 Å². The zero-order chi connectivity index (χ0) is 15.0. The predicted octanol–water partition coefficient (Wildman–Crippen LogP) is 1.65. The molecule has 1 heterocycles. The smallest absolute Gasteiger partial charge is 0.341 e. The van der Waals surface area contributed by atoms with E-state index in [1.807, 2.05) is 11.9 Å². The molecule has 0 unspecified atom stereocenters. The summed E-state index contributed by atoms with van der Waals surface area (Å²) in [6.07, 6.45) is 2.58. The zero-order valence-electron chi connectivity index (χ0n) is 12.1. The van der Waals surface area contributed by atoms with Crippen molar-refractivity contribution >= 4 is 17.8 Å². The fraction of sp³-hybridized carbons (Fsp3) is 0.500. The molecular weight excluding hydrogens is 260 g/mol.